The van der Waals surface area contributed by atoms with Crippen LogP contribution in [-0.2, 0) is 6.61 Å². The highest BCUT2D eigenvalue weighted by atomic mass is 35.5. The first kappa shape index (κ1) is 15.9. The second-order valence-corrected chi connectivity index (χ2v) is 4.17. The van der Waals surface area contributed by atoms with E-state index in [1.165, 1.54) is 0 Å². The average Bonchev–Trinajstić information content (AvgIpc) is 2.42. The molecular weight excluding hydrogens is 280 g/mol. The van der Waals surface area contributed by atoms with Gasteiger partial charge in [0.15, 0.2) is 6.29 Å². The number of hydrogen-bond acceptors (Lipinski definition) is 4. The molecule has 2 aromatic carbocycles. The van der Waals surface area contributed by atoms with Gasteiger partial charge in [0.1, 0.15) is 23.9 Å². The van der Waals surface area contributed by atoms with Crippen LogP contribution >= 0.6 is 12.4 Å². The summed E-state index contributed by atoms with van der Waals surface area (Å²) in [4.78, 5) is 11.0. The van der Waals surface area contributed by atoms with Gasteiger partial charge in [0, 0.05) is 11.6 Å². The molecule has 0 aliphatic rings. The van der Waals surface area contributed by atoms with E-state index in [9.17, 15) is 15.0 Å². The van der Waals surface area contributed by atoms with Gasteiger partial charge in [-0.15, -0.1) is 12.4 Å². The van der Waals surface area contributed by atoms with Crippen LogP contribution in [0.15, 0.2) is 36.4 Å². The number of carbonyl (C=O) groups is 1. The van der Waals surface area contributed by atoms with E-state index in [-0.39, 0.29) is 41.8 Å². The number of aldehydes is 1. The molecule has 0 amide bonds. The lowest BCUT2D eigenvalue weighted by Crippen LogP contribution is -2.00. The molecule has 0 saturated carbocycles. The van der Waals surface area contributed by atoms with Crippen LogP contribution in [0.25, 0.3) is 0 Å². The third kappa shape index (κ3) is 3.22. The molecule has 106 valence electrons. The van der Waals surface area contributed by atoms with Crippen molar-refractivity contribution < 1.29 is 19.7 Å². The summed E-state index contributed by atoms with van der Waals surface area (Å²) in [6.45, 7) is 1.88. The zero-order valence-electron chi connectivity index (χ0n) is 10.9. The lowest BCUT2D eigenvalue weighted by Gasteiger charge is -2.13. The Labute approximate surface area is 123 Å². The summed E-state index contributed by atoms with van der Waals surface area (Å²) in [5.41, 5.74) is 1.41. The van der Waals surface area contributed by atoms with Gasteiger partial charge >= 0.3 is 0 Å². The predicted molar refractivity (Wildman–Crippen MR) is 77.9 cm³/mol. The minimum Gasteiger partial charge on any atom is -0.507 e. The van der Waals surface area contributed by atoms with Crippen molar-refractivity contribution in [2.75, 3.05) is 0 Å². The molecule has 2 aromatic rings. The van der Waals surface area contributed by atoms with Gasteiger partial charge in [0.25, 0.3) is 0 Å². The van der Waals surface area contributed by atoms with Crippen LogP contribution in [0.2, 0.25) is 0 Å². The quantitative estimate of drug-likeness (QED) is 0.850. The van der Waals surface area contributed by atoms with Crippen LogP contribution < -0.4 is 4.74 Å². The van der Waals surface area contributed by atoms with Crippen LogP contribution in [-0.4, -0.2) is 16.5 Å². The fourth-order valence-electron chi connectivity index (χ4n) is 1.78. The highest BCUT2D eigenvalue weighted by Gasteiger charge is 2.16. The summed E-state index contributed by atoms with van der Waals surface area (Å²) in [5, 5.41) is 19.3. The van der Waals surface area contributed by atoms with E-state index < -0.39 is 0 Å². The fourth-order valence-corrected chi connectivity index (χ4v) is 1.78. The molecule has 0 saturated heterocycles. The standard InChI is InChI=1S/C15H14O4.ClH/c1-10-13(17)7-14(18)12(8-16)15(10)19-9-11-5-3-2-4-6-11;/h2-8,17-18H,9H2,1H3;1H. The summed E-state index contributed by atoms with van der Waals surface area (Å²) in [7, 11) is 0. The van der Waals surface area contributed by atoms with Crippen molar-refractivity contribution in [1.82, 2.24) is 0 Å². The largest absolute Gasteiger partial charge is 0.507 e. The van der Waals surface area contributed by atoms with E-state index in [4.69, 9.17) is 4.74 Å². The molecule has 5 heteroatoms. The SMILES string of the molecule is Cc1c(O)cc(O)c(C=O)c1OCc1ccccc1.Cl. The Balaban J connectivity index is 0.00000200. The van der Waals surface area contributed by atoms with Gasteiger partial charge in [0.2, 0.25) is 0 Å². The molecule has 0 aliphatic carbocycles. The molecule has 4 nitrogen and oxygen atoms in total. The summed E-state index contributed by atoms with van der Waals surface area (Å²) < 4.78 is 5.56. The van der Waals surface area contributed by atoms with Gasteiger partial charge in [0.05, 0.1) is 5.56 Å². The second kappa shape index (κ2) is 6.82. The van der Waals surface area contributed by atoms with E-state index in [1.54, 1.807) is 6.92 Å². The highest BCUT2D eigenvalue weighted by Crippen LogP contribution is 2.36. The molecule has 0 aromatic heterocycles. The fraction of sp³-hybridized carbons (Fsp3) is 0.133. The molecule has 0 aliphatic heterocycles. The van der Waals surface area contributed by atoms with E-state index in [2.05, 4.69) is 0 Å². The molecule has 2 N–H and O–H groups in total. The maximum absolute atomic E-state index is 11.0. The third-order valence-corrected chi connectivity index (χ3v) is 2.86. The molecule has 0 spiro atoms. The maximum Gasteiger partial charge on any atom is 0.157 e. The Kier molecular flexibility index (Phi) is 5.41. The van der Waals surface area contributed by atoms with E-state index in [0.717, 1.165) is 11.6 Å². The van der Waals surface area contributed by atoms with Gasteiger partial charge in [-0.2, -0.15) is 0 Å². The molecular formula is C15H15ClO4. The monoisotopic (exact) mass is 294 g/mol. The van der Waals surface area contributed by atoms with Crippen molar-refractivity contribution in [3.05, 3.63) is 53.1 Å². The van der Waals surface area contributed by atoms with Crippen LogP contribution in [0.4, 0.5) is 0 Å². The van der Waals surface area contributed by atoms with Crippen molar-refractivity contribution in [3.8, 4) is 17.2 Å². The number of phenolic OH excluding ortho intramolecular Hbond substituents is 2. The second-order valence-electron chi connectivity index (χ2n) is 4.17. The van der Waals surface area contributed by atoms with Gasteiger partial charge in [-0.05, 0) is 12.5 Å². The van der Waals surface area contributed by atoms with Crippen LogP contribution in [0.5, 0.6) is 17.2 Å². The number of carbonyl (C=O) groups excluding carboxylic acids is 1. The first-order valence-electron chi connectivity index (χ1n) is 5.81. The van der Waals surface area contributed by atoms with Crippen LogP contribution in [0.3, 0.4) is 0 Å². The minimum atomic E-state index is -0.291. The molecule has 0 fully saturated rings. The highest BCUT2D eigenvalue weighted by molar-refractivity contribution is 5.85. The number of aromatic hydroxyl groups is 2. The summed E-state index contributed by atoms with van der Waals surface area (Å²) >= 11 is 0. The Morgan fingerprint density at radius 2 is 1.80 bits per heavy atom. The predicted octanol–water partition coefficient (Wildman–Crippen LogP) is 3.22. The minimum absolute atomic E-state index is 0. The number of benzene rings is 2. The maximum atomic E-state index is 11.0. The molecule has 0 heterocycles. The Bertz CT molecular complexity index is 597. The van der Waals surface area contributed by atoms with Crippen LogP contribution in [0, 0.1) is 6.92 Å². The first-order chi connectivity index (χ1) is 9.13. The molecule has 0 unspecified atom stereocenters. The van der Waals surface area contributed by atoms with Crippen molar-refractivity contribution in [1.29, 1.82) is 0 Å². The van der Waals surface area contributed by atoms with E-state index in [1.807, 2.05) is 30.3 Å². The molecule has 0 atom stereocenters. The smallest absolute Gasteiger partial charge is 0.157 e. The topological polar surface area (TPSA) is 66.8 Å². The van der Waals surface area contributed by atoms with Crippen molar-refractivity contribution in [3.63, 3.8) is 0 Å². The van der Waals surface area contributed by atoms with Gasteiger partial charge in [-0.25, -0.2) is 0 Å². The Hall–Kier alpha value is -2.20. The molecule has 2 rings (SSSR count). The molecule has 20 heavy (non-hydrogen) atoms. The van der Waals surface area contributed by atoms with Gasteiger partial charge in [-0.3, -0.25) is 4.79 Å². The Morgan fingerprint density at radius 1 is 1.15 bits per heavy atom. The van der Waals surface area contributed by atoms with E-state index in [0.29, 0.717) is 11.8 Å². The summed E-state index contributed by atoms with van der Waals surface area (Å²) in [5.74, 6) is -0.191. The summed E-state index contributed by atoms with van der Waals surface area (Å²) in [6, 6.07) is 10.6. The lowest BCUT2D eigenvalue weighted by atomic mass is 10.1. The molecule has 0 bridgehead atoms. The Morgan fingerprint density at radius 3 is 2.40 bits per heavy atom. The van der Waals surface area contributed by atoms with E-state index >= 15 is 0 Å². The summed E-state index contributed by atoms with van der Waals surface area (Å²) in [6.07, 6.45) is 0.516. The van der Waals surface area contributed by atoms with Crippen molar-refractivity contribution >= 4 is 18.7 Å². The zero-order valence-corrected chi connectivity index (χ0v) is 11.7. The number of rotatable bonds is 4. The number of phenols is 2. The van der Waals surface area contributed by atoms with Gasteiger partial charge < -0.3 is 14.9 Å². The number of hydrogen-bond donors (Lipinski definition) is 2. The normalized spacial score (nSPS) is 9.65. The number of halogens is 1. The van der Waals surface area contributed by atoms with Gasteiger partial charge in [-0.1, -0.05) is 30.3 Å². The average molecular weight is 295 g/mol. The number of ether oxygens (including phenoxy) is 1. The first-order valence-corrected chi connectivity index (χ1v) is 5.81. The third-order valence-electron chi connectivity index (χ3n) is 2.86. The lowest BCUT2D eigenvalue weighted by molar-refractivity contribution is 0.111. The molecule has 0 radical (unpaired) electrons. The van der Waals surface area contributed by atoms with Crippen LogP contribution in [0.1, 0.15) is 21.5 Å². The zero-order chi connectivity index (χ0) is 13.8. The van der Waals surface area contributed by atoms with Crippen molar-refractivity contribution in [2.45, 2.75) is 13.5 Å². The van der Waals surface area contributed by atoms with Crippen molar-refractivity contribution in [2.24, 2.45) is 0 Å².